The van der Waals surface area contributed by atoms with Crippen LogP contribution in [0.1, 0.15) is 37.5 Å². The summed E-state index contributed by atoms with van der Waals surface area (Å²) in [6, 6.07) is 5.06. The number of hydrogen-bond donors (Lipinski definition) is 1. The van der Waals surface area contributed by atoms with Gasteiger partial charge < -0.3 is 5.32 Å². The van der Waals surface area contributed by atoms with E-state index in [0.29, 0.717) is 6.04 Å². The fraction of sp³-hybridized carbons (Fsp3) is 0.667. The minimum absolute atomic E-state index is 0.678. The molecular weight excluding hydrogens is 190 g/mol. The van der Waals surface area contributed by atoms with Gasteiger partial charge >= 0.3 is 0 Å². The predicted molar refractivity (Wildman–Crippen MR) is 65.0 cm³/mol. The lowest BCUT2D eigenvalue weighted by atomic mass is 10.1. The van der Waals surface area contributed by atoms with E-state index in [9.17, 15) is 0 Å². The minimum Gasteiger partial charge on any atom is -0.317 e. The van der Waals surface area contributed by atoms with Crippen molar-refractivity contribution in [2.45, 2.75) is 45.1 Å². The Hall–Kier alpha value is -0.340. The molecule has 0 saturated heterocycles. The molecule has 1 unspecified atom stereocenters. The van der Waals surface area contributed by atoms with E-state index >= 15 is 0 Å². The van der Waals surface area contributed by atoms with Crippen molar-refractivity contribution in [2.24, 2.45) is 0 Å². The Morgan fingerprint density at radius 2 is 2.21 bits per heavy atom. The first-order valence-electron chi connectivity index (χ1n) is 5.52. The molecule has 14 heavy (non-hydrogen) atoms. The van der Waals surface area contributed by atoms with Crippen molar-refractivity contribution in [1.29, 1.82) is 0 Å². The lowest BCUT2D eigenvalue weighted by molar-refractivity contribution is 0.520. The molecule has 0 aliphatic carbocycles. The summed E-state index contributed by atoms with van der Waals surface area (Å²) in [5.74, 6) is 0. The van der Waals surface area contributed by atoms with Crippen molar-refractivity contribution in [2.75, 3.05) is 7.05 Å². The summed E-state index contributed by atoms with van der Waals surface area (Å²) in [5.41, 5.74) is 0. The van der Waals surface area contributed by atoms with Gasteiger partial charge in [0.1, 0.15) is 0 Å². The topological polar surface area (TPSA) is 12.0 Å². The zero-order chi connectivity index (χ0) is 10.2. The first-order chi connectivity index (χ1) is 6.83. The van der Waals surface area contributed by atoms with Crippen LogP contribution >= 0.6 is 11.3 Å². The summed E-state index contributed by atoms with van der Waals surface area (Å²) >= 11 is 1.88. The van der Waals surface area contributed by atoms with Gasteiger partial charge in [-0.25, -0.2) is 0 Å². The van der Waals surface area contributed by atoms with E-state index in [2.05, 4.69) is 29.8 Å². The summed E-state index contributed by atoms with van der Waals surface area (Å²) in [5, 5.41) is 5.44. The van der Waals surface area contributed by atoms with Crippen LogP contribution in [0.5, 0.6) is 0 Å². The zero-order valence-electron chi connectivity index (χ0n) is 9.25. The molecule has 1 aromatic heterocycles. The largest absolute Gasteiger partial charge is 0.317 e. The smallest absolute Gasteiger partial charge is 0.00452 e. The van der Waals surface area contributed by atoms with Crippen molar-refractivity contribution in [3.05, 3.63) is 22.4 Å². The molecule has 1 atom stereocenters. The Bertz CT molecular complexity index is 218. The van der Waals surface area contributed by atoms with E-state index in [1.165, 1.54) is 37.0 Å². The highest BCUT2D eigenvalue weighted by Gasteiger charge is 1.98. The molecule has 0 amide bonds. The second-order valence-corrected chi connectivity index (χ2v) is 4.90. The second-order valence-electron chi connectivity index (χ2n) is 3.87. The van der Waals surface area contributed by atoms with Crippen LogP contribution in [0.3, 0.4) is 0 Å². The van der Waals surface area contributed by atoms with E-state index in [1.807, 2.05) is 18.4 Å². The molecule has 0 aliphatic heterocycles. The fourth-order valence-corrected chi connectivity index (χ4v) is 2.28. The van der Waals surface area contributed by atoms with E-state index in [1.54, 1.807) is 0 Å². The van der Waals surface area contributed by atoms with Gasteiger partial charge in [0, 0.05) is 10.9 Å². The molecule has 1 N–H and O–H groups in total. The first-order valence-corrected chi connectivity index (χ1v) is 6.40. The van der Waals surface area contributed by atoms with Gasteiger partial charge in [0.2, 0.25) is 0 Å². The van der Waals surface area contributed by atoms with E-state index in [-0.39, 0.29) is 0 Å². The monoisotopic (exact) mass is 211 g/mol. The van der Waals surface area contributed by atoms with Gasteiger partial charge in [-0.05, 0) is 44.7 Å². The molecule has 0 fully saturated rings. The summed E-state index contributed by atoms with van der Waals surface area (Å²) < 4.78 is 0. The lowest BCUT2D eigenvalue weighted by Gasteiger charge is -2.08. The van der Waals surface area contributed by atoms with Crippen LogP contribution < -0.4 is 5.32 Å². The molecule has 0 aliphatic rings. The first kappa shape index (κ1) is 11.7. The van der Waals surface area contributed by atoms with Crippen molar-refractivity contribution in [3.63, 3.8) is 0 Å². The van der Waals surface area contributed by atoms with Crippen molar-refractivity contribution in [3.8, 4) is 0 Å². The number of thiophene rings is 1. The standard InChI is InChI=1S/C12H21NS/c1-11(13-2)7-4-3-5-8-12-9-6-10-14-12/h6,9-11,13H,3-5,7-8H2,1-2H3. The molecule has 0 radical (unpaired) electrons. The molecule has 0 spiro atoms. The van der Waals surface area contributed by atoms with E-state index in [4.69, 9.17) is 0 Å². The van der Waals surface area contributed by atoms with Crippen LogP contribution in [0.15, 0.2) is 17.5 Å². The maximum absolute atomic E-state index is 3.27. The van der Waals surface area contributed by atoms with Gasteiger partial charge in [-0.2, -0.15) is 0 Å². The molecule has 0 aromatic carbocycles. The van der Waals surface area contributed by atoms with Crippen LogP contribution in [0, 0.1) is 0 Å². The van der Waals surface area contributed by atoms with Gasteiger partial charge in [0.25, 0.3) is 0 Å². The molecule has 1 rings (SSSR count). The third-order valence-corrected chi connectivity index (χ3v) is 3.57. The summed E-state index contributed by atoms with van der Waals surface area (Å²) in [4.78, 5) is 1.53. The van der Waals surface area contributed by atoms with Gasteiger partial charge in [-0.15, -0.1) is 11.3 Å². The third-order valence-electron chi connectivity index (χ3n) is 2.63. The van der Waals surface area contributed by atoms with Gasteiger partial charge in [0.15, 0.2) is 0 Å². The lowest BCUT2D eigenvalue weighted by Crippen LogP contribution is -2.20. The Kier molecular flexibility index (Phi) is 5.88. The van der Waals surface area contributed by atoms with Crippen LogP contribution in [-0.2, 0) is 6.42 Å². The summed E-state index contributed by atoms with van der Waals surface area (Å²) in [6.07, 6.45) is 6.64. The molecular formula is C12H21NS. The summed E-state index contributed by atoms with van der Waals surface area (Å²) in [7, 11) is 2.04. The maximum atomic E-state index is 3.27. The Morgan fingerprint density at radius 1 is 1.36 bits per heavy atom. The number of nitrogens with one attached hydrogen (secondary N) is 1. The number of rotatable bonds is 7. The quantitative estimate of drug-likeness (QED) is 0.681. The molecule has 0 bridgehead atoms. The van der Waals surface area contributed by atoms with Crippen molar-refractivity contribution in [1.82, 2.24) is 5.32 Å². The molecule has 80 valence electrons. The SMILES string of the molecule is CNC(C)CCCCCc1cccs1. The second kappa shape index (κ2) is 7.02. The van der Waals surface area contributed by atoms with Crippen molar-refractivity contribution < 1.29 is 0 Å². The molecule has 1 nitrogen and oxygen atoms in total. The number of aryl methyl sites for hydroxylation is 1. The normalized spacial score (nSPS) is 13.0. The highest BCUT2D eigenvalue weighted by atomic mass is 32.1. The van der Waals surface area contributed by atoms with Gasteiger partial charge in [-0.3, -0.25) is 0 Å². The average molecular weight is 211 g/mol. The molecule has 1 heterocycles. The molecule has 2 heteroatoms. The molecule has 0 saturated carbocycles. The van der Waals surface area contributed by atoms with Crippen LogP contribution in [0.4, 0.5) is 0 Å². The maximum Gasteiger partial charge on any atom is 0.00452 e. The Labute approximate surface area is 91.5 Å². The van der Waals surface area contributed by atoms with Gasteiger partial charge in [-0.1, -0.05) is 18.9 Å². The Balaban J connectivity index is 1.95. The number of unbranched alkanes of at least 4 members (excludes halogenated alkanes) is 2. The summed E-state index contributed by atoms with van der Waals surface area (Å²) in [6.45, 7) is 2.25. The highest BCUT2D eigenvalue weighted by Crippen LogP contribution is 2.13. The third kappa shape index (κ3) is 4.77. The predicted octanol–water partition coefficient (Wildman–Crippen LogP) is 3.46. The van der Waals surface area contributed by atoms with Gasteiger partial charge in [0.05, 0.1) is 0 Å². The highest BCUT2D eigenvalue weighted by molar-refractivity contribution is 7.09. The van der Waals surface area contributed by atoms with E-state index in [0.717, 1.165) is 0 Å². The van der Waals surface area contributed by atoms with Crippen LogP contribution in [0.25, 0.3) is 0 Å². The molecule has 1 aromatic rings. The minimum atomic E-state index is 0.678. The zero-order valence-corrected chi connectivity index (χ0v) is 10.1. The van der Waals surface area contributed by atoms with E-state index < -0.39 is 0 Å². The van der Waals surface area contributed by atoms with Crippen LogP contribution in [0.2, 0.25) is 0 Å². The number of hydrogen-bond acceptors (Lipinski definition) is 2. The van der Waals surface area contributed by atoms with Crippen LogP contribution in [-0.4, -0.2) is 13.1 Å². The average Bonchev–Trinajstić information content (AvgIpc) is 2.69. The van der Waals surface area contributed by atoms with Crippen molar-refractivity contribution >= 4 is 11.3 Å². The fourth-order valence-electron chi connectivity index (χ4n) is 1.53. The Morgan fingerprint density at radius 3 is 2.86 bits per heavy atom.